The average molecular weight is 317 g/mol. The van der Waals surface area contributed by atoms with Gasteiger partial charge in [-0.3, -0.25) is 4.98 Å². The lowest BCUT2D eigenvalue weighted by Crippen LogP contribution is -1.92. The summed E-state index contributed by atoms with van der Waals surface area (Å²) in [7, 11) is 0. The van der Waals surface area contributed by atoms with Crippen LogP contribution in [0.5, 0.6) is 11.6 Å². The van der Waals surface area contributed by atoms with E-state index in [4.69, 9.17) is 4.74 Å². The molecule has 0 fully saturated rings. The highest BCUT2D eigenvalue weighted by Crippen LogP contribution is 2.26. The number of nitrogens with zero attached hydrogens (tertiary/aromatic N) is 3. The zero-order chi connectivity index (χ0) is 16.4. The first-order valence-electron chi connectivity index (χ1n) is 7.38. The van der Waals surface area contributed by atoms with Crippen molar-refractivity contribution in [3.05, 3.63) is 79.0 Å². The number of pyridine rings is 1. The molecule has 24 heavy (non-hydrogen) atoms. The lowest BCUT2D eigenvalue weighted by Gasteiger charge is -2.07. The third-order valence-corrected chi connectivity index (χ3v) is 3.58. The zero-order valence-electron chi connectivity index (χ0n) is 12.6. The van der Waals surface area contributed by atoms with Crippen LogP contribution < -0.4 is 4.74 Å². The van der Waals surface area contributed by atoms with Crippen molar-refractivity contribution in [2.24, 2.45) is 0 Å². The fraction of sp³-hybridized carbons (Fsp3) is 0. The molecule has 0 aliphatic rings. The molecule has 0 saturated heterocycles. The number of hydrogen-bond acceptors (Lipinski definition) is 4. The minimum absolute atomic E-state index is 0.284. The van der Waals surface area contributed by atoms with E-state index < -0.39 is 0 Å². The molecule has 4 aromatic rings. The number of ether oxygens (including phenoxy) is 1. The first-order valence-corrected chi connectivity index (χ1v) is 7.38. The van der Waals surface area contributed by atoms with E-state index in [1.165, 1.54) is 18.5 Å². The van der Waals surface area contributed by atoms with Gasteiger partial charge in [0.2, 0.25) is 5.88 Å². The van der Waals surface area contributed by atoms with Crippen molar-refractivity contribution in [1.82, 2.24) is 15.0 Å². The Labute approximate surface area is 137 Å². The number of aromatic nitrogens is 3. The lowest BCUT2D eigenvalue weighted by atomic mass is 10.1. The second-order valence-electron chi connectivity index (χ2n) is 5.21. The zero-order valence-corrected chi connectivity index (χ0v) is 12.6. The monoisotopic (exact) mass is 317 g/mol. The van der Waals surface area contributed by atoms with Crippen LogP contribution in [0.3, 0.4) is 0 Å². The smallest absolute Gasteiger partial charge is 0.222 e. The topological polar surface area (TPSA) is 47.9 Å². The first kappa shape index (κ1) is 14.3. The van der Waals surface area contributed by atoms with E-state index in [0.29, 0.717) is 17.3 Å². The molecule has 5 heteroatoms. The third-order valence-electron chi connectivity index (χ3n) is 3.58. The number of rotatable bonds is 3. The molecule has 0 unspecified atom stereocenters. The predicted octanol–water partition coefficient (Wildman–Crippen LogP) is 4.62. The van der Waals surface area contributed by atoms with E-state index in [9.17, 15) is 4.39 Å². The summed E-state index contributed by atoms with van der Waals surface area (Å²) in [5.74, 6) is 0.775. The quantitative estimate of drug-likeness (QED) is 0.553. The lowest BCUT2D eigenvalue weighted by molar-refractivity contribution is 0.462. The molecule has 0 aliphatic carbocycles. The Morgan fingerprint density at radius 1 is 0.833 bits per heavy atom. The van der Waals surface area contributed by atoms with Gasteiger partial charge in [-0.25, -0.2) is 14.4 Å². The Morgan fingerprint density at radius 3 is 2.58 bits per heavy atom. The maximum Gasteiger partial charge on any atom is 0.222 e. The van der Waals surface area contributed by atoms with E-state index >= 15 is 0 Å². The molecule has 0 amide bonds. The molecule has 2 aromatic heterocycles. The van der Waals surface area contributed by atoms with Gasteiger partial charge in [0.05, 0.1) is 11.2 Å². The van der Waals surface area contributed by atoms with Gasteiger partial charge in [0.15, 0.2) is 0 Å². The van der Waals surface area contributed by atoms with Crippen molar-refractivity contribution in [1.29, 1.82) is 0 Å². The van der Waals surface area contributed by atoms with Gasteiger partial charge in [-0.1, -0.05) is 6.07 Å². The Balaban J connectivity index is 1.64. The molecular weight excluding hydrogens is 305 g/mol. The molecule has 4 rings (SSSR count). The van der Waals surface area contributed by atoms with Gasteiger partial charge in [-0.05, 0) is 42.5 Å². The fourth-order valence-electron chi connectivity index (χ4n) is 2.40. The number of benzene rings is 2. The molecule has 0 bridgehead atoms. The molecule has 116 valence electrons. The number of fused-ring (bicyclic) bond motifs is 1. The van der Waals surface area contributed by atoms with Crippen LogP contribution >= 0.6 is 0 Å². The molecule has 2 aromatic carbocycles. The van der Waals surface area contributed by atoms with Crippen LogP contribution in [0, 0.1) is 5.82 Å². The largest absolute Gasteiger partial charge is 0.439 e. The summed E-state index contributed by atoms with van der Waals surface area (Å²) < 4.78 is 18.8. The Morgan fingerprint density at radius 2 is 1.71 bits per heavy atom. The SMILES string of the molecule is Fc1ccc(-c2cc(Oc3ccc4cccnc4c3)ncn2)cc1. The molecule has 0 atom stereocenters. The standard InChI is InChI=1S/C19H12FN3O/c20-15-6-3-14(4-7-15)18-11-19(23-12-22-18)24-16-8-5-13-2-1-9-21-17(13)10-16/h1-12H. The van der Waals surface area contributed by atoms with E-state index in [0.717, 1.165) is 16.5 Å². The van der Waals surface area contributed by atoms with Crippen LogP contribution in [0.2, 0.25) is 0 Å². The molecule has 0 N–H and O–H groups in total. The average Bonchev–Trinajstić information content (AvgIpc) is 2.62. The molecule has 0 saturated carbocycles. The summed E-state index contributed by atoms with van der Waals surface area (Å²) >= 11 is 0. The third kappa shape index (κ3) is 2.92. The Bertz CT molecular complexity index is 1000. The van der Waals surface area contributed by atoms with Crippen LogP contribution in [0.25, 0.3) is 22.2 Å². The Hall–Kier alpha value is -3.34. The molecule has 0 radical (unpaired) electrons. The second-order valence-corrected chi connectivity index (χ2v) is 5.21. The van der Waals surface area contributed by atoms with Gasteiger partial charge in [-0.15, -0.1) is 0 Å². The predicted molar refractivity (Wildman–Crippen MR) is 89.2 cm³/mol. The molecule has 2 heterocycles. The summed E-state index contributed by atoms with van der Waals surface area (Å²) in [5, 5.41) is 1.04. The van der Waals surface area contributed by atoms with Crippen molar-refractivity contribution in [3.8, 4) is 22.9 Å². The van der Waals surface area contributed by atoms with Gasteiger partial charge >= 0.3 is 0 Å². The summed E-state index contributed by atoms with van der Waals surface area (Å²) in [5.41, 5.74) is 2.31. The van der Waals surface area contributed by atoms with Crippen molar-refractivity contribution >= 4 is 10.9 Å². The maximum atomic E-state index is 13.0. The van der Waals surface area contributed by atoms with Gasteiger partial charge in [0.1, 0.15) is 17.9 Å². The van der Waals surface area contributed by atoms with Gasteiger partial charge < -0.3 is 4.74 Å². The molecule has 4 nitrogen and oxygen atoms in total. The van der Waals surface area contributed by atoms with Crippen LogP contribution in [0.4, 0.5) is 4.39 Å². The van der Waals surface area contributed by atoms with Crippen molar-refractivity contribution in [2.75, 3.05) is 0 Å². The Kier molecular flexibility index (Phi) is 3.59. The normalized spacial score (nSPS) is 10.7. The number of hydrogen-bond donors (Lipinski definition) is 0. The van der Waals surface area contributed by atoms with Crippen LogP contribution in [-0.4, -0.2) is 15.0 Å². The van der Waals surface area contributed by atoms with Crippen LogP contribution in [-0.2, 0) is 0 Å². The molecule has 0 spiro atoms. The van der Waals surface area contributed by atoms with Gasteiger partial charge in [0.25, 0.3) is 0 Å². The summed E-state index contributed by atoms with van der Waals surface area (Å²) in [4.78, 5) is 12.6. The van der Waals surface area contributed by atoms with Crippen molar-refractivity contribution in [3.63, 3.8) is 0 Å². The molecular formula is C19H12FN3O. The first-order chi connectivity index (χ1) is 11.8. The highest BCUT2D eigenvalue weighted by Gasteiger charge is 2.05. The van der Waals surface area contributed by atoms with Crippen molar-refractivity contribution in [2.45, 2.75) is 0 Å². The van der Waals surface area contributed by atoms with Crippen LogP contribution in [0.15, 0.2) is 73.2 Å². The van der Waals surface area contributed by atoms with Crippen LogP contribution in [0.1, 0.15) is 0 Å². The van der Waals surface area contributed by atoms with Gasteiger partial charge in [0, 0.05) is 29.3 Å². The minimum atomic E-state index is -0.284. The van der Waals surface area contributed by atoms with E-state index in [1.807, 2.05) is 30.3 Å². The van der Waals surface area contributed by atoms with E-state index in [2.05, 4.69) is 15.0 Å². The highest BCUT2D eigenvalue weighted by atomic mass is 19.1. The fourth-order valence-corrected chi connectivity index (χ4v) is 2.40. The summed E-state index contributed by atoms with van der Waals surface area (Å²) in [6.45, 7) is 0. The summed E-state index contributed by atoms with van der Waals surface area (Å²) in [6.07, 6.45) is 3.16. The van der Waals surface area contributed by atoms with E-state index in [-0.39, 0.29) is 5.82 Å². The molecule has 0 aliphatic heterocycles. The van der Waals surface area contributed by atoms with E-state index in [1.54, 1.807) is 24.4 Å². The number of halogens is 1. The summed E-state index contributed by atoms with van der Waals surface area (Å²) in [6, 6.07) is 17.4. The van der Waals surface area contributed by atoms with Gasteiger partial charge in [-0.2, -0.15) is 0 Å². The second kappa shape index (κ2) is 6.04. The van der Waals surface area contributed by atoms with Crippen molar-refractivity contribution < 1.29 is 9.13 Å². The highest BCUT2D eigenvalue weighted by molar-refractivity contribution is 5.79. The minimum Gasteiger partial charge on any atom is -0.439 e. The maximum absolute atomic E-state index is 13.0.